The lowest BCUT2D eigenvalue weighted by Gasteiger charge is -2.37. The SMILES string of the molecule is CCc1nn(CC)c(CN2CCC3(CC2)OCCO3)c1Br. The molecule has 3 rings (SSSR count). The molecule has 0 atom stereocenters. The molecule has 1 aromatic rings. The van der Waals surface area contributed by atoms with Crippen LogP contribution in [0.4, 0.5) is 0 Å². The average Bonchev–Trinajstić information content (AvgIpc) is 3.08. The van der Waals surface area contributed by atoms with Gasteiger partial charge in [-0.2, -0.15) is 5.10 Å². The Morgan fingerprint density at radius 2 is 1.86 bits per heavy atom. The number of piperidine rings is 1. The van der Waals surface area contributed by atoms with Gasteiger partial charge in [0.25, 0.3) is 0 Å². The van der Waals surface area contributed by atoms with Gasteiger partial charge in [0.05, 0.1) is 29.1 Å². The molecule has 1 aromatic heterocycles. The van der Waals surface area contributed by atoms with Gasteiger partial charge in [-0.15, -0.1) is 0 Å². The summed E-state index contributed by atoms with van der Waals surface area (Å²) in [5.41, 5.74) is 2.45. The molecular weight excluding hydrogens is 334 g/mol. The van der Waals surface area contributed by atoms with Gasteiger partial charge in [-0.3, -0.25) is 9.58 Å². The maximum Gasteiger partial charge on any atom is 0.170 e. The monoisotopic (exact) mass is 357 g/mol. The van der Waals surface area contributed by atoms with Crippen molar-refractivity contribution in [2.75, 3.05) is 26.3 Å². The minimum atomic E-state index is -0.284. The van der Waals surface area contributed by atoms with Crippen LogP contribution in [0.3, 0.4) is 0 Å². The number of nitrogens with zero attached hydrogens (tertiary/aromatic N) is 3. The second kappa shape index (κ2) is 6.36. The highest BCUT2D eigenvalue weighted by atomic mass is 79.9. The van der Waals surface area contributed by atoms with Crippen LogP contribution in [0.15, 0.2) is 4.47 Å². The molecule has 0 aliphatic carbocycles. The molecule has 0 radical (unpaired) electrons. The fraction of sp³-hybridized carbons (Fsp3) is 0.800. The van der Waals surface area contributed by atoms with E-state index in [4.69, 9.17) is 9.47 Å². The van der Waals surface area contributed by atoms with Gasteiger partial charge < -0.3 is 9.47 Å². The minimum absolute atomic E-state index is 0.284. The van der Waals surface area contributed by atoms with Crippen LogP contribution in [0, 0.1) is 0 Å². The second-order valence-electron chi connectivity index (χ2n) is 5.76. The van der Waals surface area contributed by atoms with Gasteiger partial charge in [0, 0.05) is 39.0 Å². The van der Waals surface area contributed by atoms with Crippen LogP contribution < -0.4 is 0 Å². The number of ether oxygens (including phenoxy) is 2. The number of aryl methyl sites for hydroxylation is 2. The van der Waals surface area contributed by atoms with E-state index in [2.05, 4.69) is 44.5 Å². The molecule has 3 heterocycles. The zero-order chi connectivity index (χ0) is 14.9. The van der Waals surface area contributed by atoms with Crippen molar-refractivity contribution in [3.8, 4) is 0 Å². The van der Waals surface area contributed by atoms with Gasteiger partial charge in [0.1, 0.15) is 0 Å². The Labute approximate surface area is 134 Å². The second-order valence-corrected chi connectivity index (χ2v) is 6.55. The van der Waals surface area contributed by atoms with E-state index in [-0.39, 0.29) is 5.79 Å². The summed E-state index contributed by atoms with van der Waals surface area (Å²) in [6.45, 7) is 9.67. The van der Waals surface area contributed by atoms with Crippen LogP contribution in [-0.4, -0.2) is 46.8 Å². The summed E-state index contributed by atoms with van der Waals surface area (Å²) < 4.78 is 14.9. The lowest BCUT2D eigenvalue weighted by molar-refractivity contribution is -0.185. The Morgan fingerprint density at radius 3 is 2.43 bits per heavy atom. The van der Waals surface area contributed by atoms with Crippen molar-refractivity contribution in [3.05, 3.63) is 15.9 Å². The highest BCUT2D eigenvalue weighted by molar-refractivity contribution is 9.10. The van der Waals surface area contributed by atoms with Crippen LogP contribution in [0.1, 0.15) is 38.1 Å². The summed E-state index contributed by atoms with van der Waals surface area (Å²) in [4.78, 5) is 2.48. The number of hydrogen-bond donors (Lipinski definition) is 0. The highest BCUT2D eigenvalue weighted by Gasteiger charge is 2.39. The molecule has 0 saturated carbocycles. The number of likely N-dealkylation sites (tertiary alicyclic amines) is 1. The standard InChI is InChI=1S/C15H24BrN3O2/c1-3-12-14(16)13(19(4-2)17-12)11-18-7-5-15(6-8-18)20-9-10-21-15/h3-11H2,1-2H3. The quantitative estimate of drug-likeness (QED) is 0.830. The molecule has 0 N–H and O–H groups in total. The predicted octanol–water partition coefficient (Wildman–Crippen LogP) is 2.57. The van der Waals surface area contributed by atoms with E-state index in [1.807, 2.05) is 0 Å². The van der Waals surface area contributed by atoms with E-state index in [0.717, 1.165) is 64.3 Å². The van der Waals surface area contributed by atoms with E-state index >= 15 is 0 Å². The molecule has 0 bridgehead atoms. The fourth-order valence-corrected chi connectivity index (χ4v) is 3.91. The summed E-state index contributed by atoms with van der Waals surface area (Å²) in [5.74, 6) is -0.284. The molecule has 5 nitrogen and oxygen atoms in total. The lowest BCUT2D eigenvalue weighted by Crippen LogP contribution is -2.44. The maximum absolute atomic E-state index is 5.79. The summed E-state index contributed by atoms with van der Waals surface area (Å²) in [5, 5.41) is 4.68. The summed E-state index contributed by atoms with van der Waals surface area (Å²) >= 11 is 3.73. The first-order valence-corrected chi connectivity index (χ1v) is 8.71. The highest BCUT2D eigenvalue weighted by Crippen LogP contribution is 2.32. The zero-order valence-electron chi connectivity index (χ0n) is 12.9. The first-order chi connectivity index (χ1) is 10.2. The first-order valence-electron chi connectivity index (χ1n) is 7.92. The van der Waals surface area contributed by atoms with Gasteiger partial charge in [-0.05, 0) is 29.3 Å². The van der Waals surface area contributed by atoms with Crippen LogP contribution >= 0.6 is 15.9 Å². The third kappa shape index (κ3) is 3.04. The Balaban J connectivity index is 1.66. The Hall–Kier alpha value is -0.430. The lowest BCUT2D eigenvalue weighted by atomic mass is 10.0. The van der Waals surface area contributed by atoms with Crippen LogP contribution in [0.25, 0.3) is 0 Å². The molecule has 2 aliphatic heterocycles. The molecule has 0 amide bonds. The van der Waals surface area contributed by atoms with E-state index in [1.54, 1.807) is 0 Å². The third-order valence-electron chi connectivity index (χ3n) is 4.50. The largest absolute Gasteiger partial charge is 0.347 e. The Kier molecular flexibility index (Phi) is 4.69. The first kappa shape index (κ1) is 15.5. The number of rotatable bonds is 4. The van der Waals surface area contributed by atoms with Crippen molar-refractivity contribution >= 4 is 15.9 Å². The molecule has 21 heavy (non-hydrogen) atoms. The topological polar surface area (TPSA) is 39.5 Å². The molecule has 2 saturated heterocycles. The molecular formula is C15H24BrN3O2. The Bertz CT molecular complexity index is 487. The fourth-order valence-electron chi connectivity index (χ4n) is 3.22. The summed E-state index contributed by atoms with van der Waals surface area (Å²) in [7, 11) is 0. The van der Waals surface area contributed by atoms with E-state index in [0.29, 0.717) is 0 Å². The summed E-state index contributed by atoms with van der Waals surface area (Å²) in [6.07, 6.45) is 2.89. The molecule has 0 unspecified atom stereocenters. The van der Waals surface area contributed by atoms with Crippen LogP contribution in [0.2, 0.25) is 0 Å². The van der Waals surface area contributed by atoms with Crippen molar-refractivity contribution in [3.63, 3.8) is 0 Å². The molecule has 2 aliphatic rings. The molecule has 118 valence electrons. The van der Waals surface area contributed by atoms with Crippen molar-refractivity contribution in [1.82, 2.24) is 14.7 Å². The average molecular weight is 358 g/mol. The van der Waals surface area contributed by atoms with Gasteiger partial charge in [0.15, 0.2) is 5.79 Å². The van der Waals surface area contributed by atoms with Crippen molar-refractivity contribution in [2.45, 2.75) is 52.0 Å². The number of aromatic nitrogens is 2. The Morgan fingerprint density at radius 1 is 1.19 bits per heavy atom. The van der Waals surface area contributed by atoms with Crippen molar-refractivity contribution < 1.29 is 9.47 Å². The molecule has 2 fully saturated rings. The van der Waals surface area contributed by atoms with Gasteiger partial charge in [-0.1, -0.05) is 6.92 Å². The van der Waals surface area contributed by atoms with E-state index < -0.39 is 0 Å². The van der Waals surface area contributed by atoms with Crippen molar-refractivity contribution in [2.24, 2.45) is 0 Å². The van der Waals surface area contributed by atoms with Crippen LogP contribution in [0.5, 0.6) is 0 Å². The number of hydrogen-bond acceptors (Lipinski definition) is 4. The normalized spacial score (nSPS) is 22.2. The van der Waals surface area contributed by atoms with E-state index in [9.17, 15) is 0 Å². The molecule has 6 heteroatoms. The van der Waals surface area contributed by atoms with Gasteiger partial charge >= 0.3 is 0 Å². The zero-order valence-corrected chi connectivity index (χ0v) is 14.5. The summed E-state index contributed by atoms with van der Waals surface area (Å²) in [6, 6.07) is 0. The van der Waals surface area contributed by atoms with Crippen molar-refractivity contribution in [1.29, 1.82) is 0 Å². The van der Waals surface area contributed by atoms with Gasteiger partial charge in [-0.25, -0.2) is 0 Å². The minimum Gasteiger partial charge on any atom is -0.347 e. The van der Waals surface area contributed by atoms with Crippen LogP contribution in [-0.2, 0) is 29.0 Å². The maximum atomic E-state index is 5.79. The van der Waals surface area contributed by atoms with Gasteiger partial charge in [0.2, 0.25) is 0 Å². The number of halogens is 1. The predicted molar refractivity (Wildman–Crippen MR) is 84.1 cm³/mol. The van der Waals surface area contributed by atoms with E-state index in [1.165, 1.54) is 10.2 Å². The molecule has 1 spiro atoms. The smallest absolute Gasteiger partial charge is 0.170 e. The third-order valence-corrected chi connectivity index (χ3v) is 5.41. The molecule has 0 aromatic carbocycles.